The summed E-state index contributed by atoms with van der Waals surface area (Å²) in [6.45, 7) is 9.06. The Balaban J connectivity index is 2.65. The molecule has 1 aliphatic rings. The molecule has 84 valence electrons. The number of aliphatic hydroxyl groups is 1. The van der Waals surface area contributed by atoms with Crippen molar-refractivity contribution in [2.24, 2.45) is 0 Å². The first kappa shape index (κ1) is 11.1. The van der Waals surface area contributed by atoms with Crippen LogP contribution < -0.4 is 0 Å². The molecule has 0 bridgehead atoms. The van der Waals surface area contributed by atoms with Crippen LogP contribution in [0.4, 0.5) is 5.69 Å². The number of para-hydroxylation sites is 1. The molecule has 0 aliphatic carbocycles. The van der Waals surface area contributed by atoms with E-state index in [-0.39, 0.29) is 12.0 Å². The molecule has 0 radical (unpaired) electrons. The molecule has 0 saturated heterocycles. The fraction of sp³-hybridized carbons (Fsp3) is 0.357. The summed E-state index contributed by atoms with van der Waals surface area (Å²) in [7, 11) is 0. The van der Waals surface area contributed by atoms with Gasteiger partial charge in [-0.05, 0) is 19.9 Å². The minimum absolute atomic E-state index is 0.0203. The highest BCUT2D eigenvalue weighted by Crippen LogP contribution is 2.39. The molecule has 1 N–H and O–H groups in total. The lowest BCUT2D eigenvalue weighted by atomic mass is 9.82. The number of nitrogens with zero attached hydrogens (tertiary/aromatic N) is 1. The van der Waals surface area contributed by atoms with Gasteiger partial charge in [0.25, 0.3) is 0 Å². The molecular formula is C14H18NO+. The fourth-order valence-corrected chi connectivity index (χ4v) is 2.55. The third-order valence-corrected chi connectivity index (χ3v) is 3.32. The quantitative estimate of drug-likeness (QED) is 0.769. The summed E-state index contributed by atoms with van der Waals surface area (Å²) < 4.78 is 2.16. The number of hydrogen-bond donors (Lipinski definition) is 1. The van der Waals surface area contributed by atoms with Crippen LogP contribution >= 0.6 is 0 Å². The number of hydrogen-bond acceptors (Lipinski definition) is 1. The fourth-order valence-electron chi connectivity index (χ4n) is 2.55. The highest BCUT2D eigenvalue weighted by Gasteiger charge is 2.43. The van der Waals surface area contributed by atoms with Crippen LogP contribution in [0.5, 0.6) is 0 Å². The molecule has 1 aliphatic heterocycles. The Morgan fingerprint density at radius 3 is 2.69 bits per heavy atom. The molecule has 0 unspecified atom stereocenters. The van der Waals surface area contributed by atoms with E-state index in [1.54, 1.807) is 0 Å². The van der Waals surface area contributed by atoms with Crippen molar-refractivity contribution in [3.05, 3.63) is 42.5 Å². The van der Waals surface area contributed by atoms with E-state index < -0.39 is 0 Å². The molecule has 0 saturated carbocycles. The van der Waals surface area contributed by atoms with Gasteiger partial charge in [-0.25, -0.2) is 0 Å². The van der Waals surface area contributed by atoms with Crippen LogP contribution in [0.2, 0.25) is 0 Å². The van der Waals surface area contributed by atoms with Gasteiger partial charge in [0.15, 0.2) is 12.3 Å². The van der Waals surface area contributed by atoms with Crippen LogP contribution in [-0.2, 0) is 5.41 Å². The second-order valence-corrected chi connectivity index (χ2v) is 4.61. The zero-order valence-electron chi connectivity index (χ0n) is 9.90. The highest BCUT2D eigenvalue weighted by atomic mass is 16.3. The Morgan fingerprint density at radius 2 is 2.06 bits per heavy atom. The Hall–Kier alpha value is -1.41. The van der Waals surface area contributed by atoms with Crippen LogP contribution in [0.1, 0.15) is 19.4 Å². The second-order valence-electron chi connectivity index (χ2n) is 4.61. The first-order valence-electron chi connectivity index (χ1n) is 5.60. The van der Waals surface area contributed by atoms with Gasteiger partial charge >= 0.3 is 0 Å². The lowest BCUT2D eigenvalue weighted by Crippen LogP contribution is -2.28. The van der Waals surface area contributed by atoms with E-state index in [1.807, 2.05) is 12.1 Å². The smallest absolute Gasteiger partial charge is 0.209 e. The highest BCUT2D eigenvalue weighted by molar-refractivity contribution is 6.02. The molecule has 1 heterocycles. The van der Waals surface area contributed by atoms with Crippen molar-refractivity contribution in [3.8, 4) is 0 Å². The molecule has 2 heteroatoms. The summed E-state index contributed by atoms with van der Waals surface area (Å²) >= 11 is 0. The van der Waals surface area contributed by atoms with E-state index in [0.29, 0.717) is 6.54 Å². The summed E-state index contributed by atoms with van der Waals surface area (Å²) in [4.78, 5) is 0. The Morgan fingerprint density at radius 1 is 1.38 bits per heavy atom. The van der Waals surface area contributed by atoms with Crippen LogP contribution in [0, 0.1) is 0 Å². The van der Waals surface area contributed by atoms with Gasteiger partial charge in [-0.1, -0.05) is 24.8 Å². The number of allylic oxidation sites excluding steroid dienone is 1. The van der Waals surface area contributed by atoms with Crippen molar-refractivity contribution in [2.45, 2.75) is 19.3 Å². The van der Waals surface area contributed by atoms with Crippen molar-refractivity contribution < 1.29 is 9.68 Å². The second kappa shape index (κ2) is 3.87. The summed E-state index contributed by atoms with van der Waals surface area (Å²) in [6, 6.07) is 8.34. The van der Waals surface area contributed by atoms with Crippen molar-refractivity contribution in [1.82, 2.24) is 0 Å². The van der Waals surface area contributed by atoms with Gasteiger partial charge in [0.05, 0.1) is 5.41 Å². The standard InChI is InChI=1S/C14H18NO/c1-4-13-14(2,3)11-7-5-6-8-12(11)15(13)9-10-16/h4-8,16H,1,9-10H2,2-3H3/q+1. The summed E-state index contributed by atoms with van der Waals surface area (Å²) in [5.41, 5.74) is 3.64. The van der Waals surface area contributed by atoms with Gasteiger partial charge in [-0.15, -0.1) is 0 Å². The number of β-amino-alcohol motifs (C(OH)–C–C–N with tert-alkyl or cyclic N) is 1. The average Bonchev–Trinajstić information content (AvgIpc) is 2.49. The molecule has 2 nitrogen and oxygen atoms in total. The largest absolute Gasteiger partial charge is 0.390 e. The maximum absolute atomic E-state index is 9.15. The summed E-state index contributed by atoms with van der Waals surface area (Å²) in [5, 5.41) is 9.15. The molecule has 1 aromatic carbocycles. The zero-order valence-corrected chi connectivity index (χ0v) is 9.90. The monoisotopic (exact) mass is 216 g/mol. The average molecular weight is 216 g/mol. The Bertz CT molecular complexity index is 458. The first-order valence-corrected chi connectivity index (χ1v) is 5.60. The summed E-state index contributed by atoms with van der Waals surface area (Å²) in [6.07, 6.45) is 1.90. The van der Waals surface area contributed by atoms with E-state index in [4.69, 9.17) is 5.11 Å². The van der Waals surface area contributed by atoms with Gasteiger partial charge in [0.1, 0.15) is 6.61 Å². The van der Waals surface area contributed by atoms with Gasteiger partial charge < -0.3 is 5.11 Å². The number of fused-ring (bicyclic) bond motifs is 1. The predicted octanol–water partition coefficient (Wildman–Crippen LogP) is 2.24. The molecule has 2 rings (SSSR count). The molecule has 0 amide bonds. The number of rotatable bonds is 3. The molecular weight excluding hydrogens is 198 g/mol. The van der Waals surface area contributed by atoms with E-state index in [0.717, 1.165) is 0 Å². The molecule has 0 fully saturated rings. The van der Waals surface area contributed by atoms with Crippen LogP contribution in [0.25, 0.3) is 0 Å². The third-order valence-electron chi connectivity index (χ3n) is 3.32. The molecule has 1 aromatic rings. The number of benzene rings is 1. The van der Waals surface area contributed by atoms with Crippen LogP contribution in [0.3, 0.4) is 0 Å². The van der Waals surface area contributed by atoms with Crippen molar-refractivity contribution >= 4 is 11.4 Å². The zero-order chi connectivity index (χ0) is 11.8. The van der Waals surface area contributed by atoms with E-state index in [1.165, 1.54) is 17.0 Å². The van der Waals surface area contributed by atoms with Crippen LogP contribution in [0.15, 0.2) is 36.9 Å². The van der Waals surface area contributed by atoms with Gasteiger partial charge in [0.2, 0.25) is 5.69 Å². The summed E-state index contributed by atoms with van der Waals surface area (Å²) in [5.74, 6) is 0. The van der Waals surface area contributed by atoms with E-state index in [9.17, 15) is 0 Å². The normalized spacial score (nSPS) is 17.4. The van der Waals surface area contributed by atoms with Crippen molar-refractivity contribution in [2.75, 3.05) is 13.2 Å². The van der Waals surface area contributed by atoms with Crippen molar-refractivity contribution in [1.29, 1.82) is 0 Å². The van der Waals surface area contributed by atoms with Gasteiger partial charge in [-0.3, -0.25) is 0 Å². The Kier molecular flexibility index (Phi) is 2.68. The lowest BCUT2D eigenvalue weighted by Gasteiger charge is -2.14. The minimum atomic E-state index is -0.0203. The lowest BCUT2D eigenvalue weighted by molar-refractivity contribution is -0.441. The molecule has 0 spiro atoms. The number of aliphatic hydroxyl groups excluding tert-OH is 1. The van der Waals surface area contributed by atoms with Crippen LogP contribution in [-0.4, -0.2) is 28.5 Å². The maximum Gasteiger partial charge on any atom is 0.209 e. The Labute approximate surface area is 96.6 Å². The molecule has 16 heavy (non-hydrogen) atoms. The predicted molar refractivity (Wildman–Crippen MR) is 66.5 cm³/mol. The first-order chi connectivity index (χ1) is 7.62. The topological polar surface area (TPSA) is 23.2 Å². The van der Waals surface area contributed by atoms with E-state index >= 15 is 0 Å². The molecule has 0 atom stereocenters. The SMILES string of the molecule is C=CC1=[N+](CCO)c2ccccc2C1(C)C. The van der Waals surface area contributed by atoms with Crippen molar-refractivity contribution in [3.63, 3.8) is 0 Å². The van der Waals surface area contributed by atoms with Gasteiger partial charge in [0, 0.05) is 11.6 Å². The third kappa shape index (κ3) is 1.41. The minimum Gasteiger partial charge on any atom is -0.390 e. The van der Waals surface area contributed by atoms with Gasteiger partial charge in [-0.2, -0.15) is 4.58 Å². The molecule has 0 aromatic heterocycles. The maximum atomic E-state index is 9.15. The van der Waals surface area contributed by atoms with E-state index in [2.05, 4.69) is 43.2 Å².